The van der Waals surface area contributed by atoms with Crippen molar-refractivity contribution in [3.63, 3.8) is 0 Å². The van der Waals surface area contributed by atoms with Gasteiger partial charge in [-0.1, -0.05) is 23.6 Å². The van der Waals surface area contributed by atoms with E-state index in [4.69, 9.17) is 32.2 Å². The number of hydrogen-bond donors (Lipinski definition) is 0. The van der Waals surface area contributed by atoms with E-state index in [0.29, 0.717) is 11.3 Å². The number of rotatable bonds is 6. The van der Waals surface area contributed by atoms with Crippen molar-refractivity contribution >= 4 is 35.2 Å². The van der Waals surface area contributed by atoms with Crippen LogP contribution in [0, 0.1) is 18.3 Å². The zero-order valence-corrected chi connectivity index (χ0v) is 14.8. The van der Waals surface area contributed by atoms with Crippen LogP contribution in [0.1, 0.15) is 12.5 Å². The highest BCUT2D eigenvalue weighted by molar-refractivity contribution is 6.32. The summed E-state index contributed by atoms with van der Waals surface area (Å²) in [6, 6.07) is 3.11. The van der Waals surface area contributed by atoms with Crippen LogP contribution in [0.2, 0.25) is 5.02 Å². The van der Waals surface area contributed by atoms with Crippen LogP contribution < -0.4 is 9.47 Å². The molecule has 134 valence electrons. The lowest BCUT2D eigenvalue weighted by Crippen LogP contribution is -2.34. The number of hydrogen-bond acceptors (Lipinski definition) is 6. The van der Waals surface area contributed by atoms with Gasteiger partial charge in [-0.25, -0.2) is 0 Å². The van der Waals surface area contributed by atoms with Crippen molar-refractivity contribution in [3.05, 3.63) is 40.6 Å². The zero-order valence-electron chi connectivity index (χ0n) is 14.1. The first kappa shape index (κ1) is 19.3. The Morgan fingerprint density at radius 1 is 1.42 bits per heavy atom. The van der Waals surface area contributed by atoms with Crippen LogP contribution in [0.5, 0.6) is 11.5 Å². The van der Waals surface area contributed by atoms with Crippen LogP contribution >= 0.6 is 11.6 Å². The summed E-state index contributed by atoms with van der Waals surface area (Å²) in [6.45, 7) is 1.48. The highest BCUT2D eigenvalue weighted by Gasteiger charge is 2.36. The Morgan fingerprint density at radius 3 is 2.77 bits per heavy atom. The van der Waals surface area contributed by atoms with Gasteiger partial charge in [-0.2, -0.15) is 0 Å². The minimum absolute atomic E-state index is 0.0165. The topological polar surface area (TPSA) is 78.9 Å². The number of allylic oxidation sites excluding steroid dienone is 3. The second-order valence-corrected chi connectivity index (χ2v) is 5.68. The Hall–Kier alpha value is -3.04. The molecule has 0 aromatic heterocycles. The quantitative estimate of drug-likeness (QED) is 0.329. The van der Waals surface area contributed by atoms with Crippen molar-refractivity contribution in [1.82, 2.24) is 0 Å². The molecule has 1 aromatic carbocycles. The van der Waals surface area contributed by atoms with Crippen molar-refractivity contribution in [1.29, 1.82) is 0 Å². The number of benzene rings is 1. The second kappa shape index (κ2) is 8.37. The smallest absolute Gasteiger partial charge is 0.329 e. The lowest BCUT2D eigenvalue weighted by atomic mass is 9.96. The molecule has 1 aromatic rings. The third-order valence-corrected chi connectivity index (χ3v) is 3.68. The largest absolute Gasteiger partial charge is 0.493 e. The minimum atomic E-state index is -1.49. The van der Waals surface area contributed by atoms with E-state index in [1.807, 2.05) is 0 Å². The fourth-order valence-electron chi connectivity index (χ4n) is 2.27. The van der Waals surface area contributed by atoms with E-state index in [9.17, 15) is 14.4 Å². The number of carbonyl (C=O) groups is 3. The third-order valence-electron chi connectivity index (χ3n) is 3.40. The monoisotopic (exact) mass is 374 g/mol. The van der Waals surface area contributed by atoms with Crippen molar-refractivity contribution in [2.24, 2.45) is 5.92 Å². The molecule has 0 unspecified atom stereocenters. The molecule has 0 fully saturated rings. The molecule has 0 bridgehead atoms. The minimum Gasteiger partial charge on any atom is -0.493 e. The molecule has 0 aliphatic carbocycles. The predicted octanol–water partition coefficient (Wildman–Crippen LogP) is 2.59. The van der Waals surface area contributed by atoms with Gasteiger partial charge in [0.05, 0.1) is 12.1 Å². The molecule has 0 saturated heterocycles. The predicted molar refractivity (Wildman–Crippen MR) is 94.7 cm³/mol. The first-order valence-corrected chi connectivity index (χ1v) is 7.84. The Morgan fingerprint density at radius 2 is 2.15 bits per heavy atom. The van der Waals surface area contributed by atoms with Crippen LogP contribution in [-0.4, -0.2) is 31.3 Å². The van der Waals surface area contributed by atoms with E-state index in [-0.39, 0.29) is 23.1 Å². The third kappa shape index (κ3) is 4.32. The molecule has 1 aliphatic heterocycles. The molecule has 1 atom stereocenters. The standard InChI is InChI=1S/C19H15ClO6/c1-4-7-25-18-13(20)9-12(10-16(18)24-3)5-6-14(21)17-15(22)8-11(2)26-19(17)23/h1,5-6,8-10,17H,7H2,2-3H3/b6-5-/t17-/m1/s1. The van der Waals surface area contributed by atoms with Crippen LogP contribution in [0.3, 0.4) is 0 Å². The fourth-order valence-corrected chi connectivity index (χ4v) is 2.54. The molecular formula is C19H15ClO6. The van der Waals surface area contributed by atoms with Crippen LogP contribution in [0.25, 0.3) is 6.08 Å². The van der Waals surface area contributed by atoms with Crippen LogP contribution in [-0.2, 0) is 19.1 Å². The molecule has 1 heterocycles. The van der Waals surface area contributed by atoms with Gasteiger partial charge in [-0.15, -0.1) is 6.42 Å². The number of ketones is 2. The van der Waals surface area contributed by atoms with Gasteiger partial charge in [0.15, 0.2) is 29.0 Å². The lowest BCUT2D eigenvalue weighted by Gasteiger charge is -2.15. The van der Waals surface area contributed by atoms with Crippen LogP contribution in [0.15, 0.2) is 30.0 Å². The average molecular weight is 375 g/mol. The maximum Gasteiger partial charge on any atom is 0.329 e. The molecule has 0 N–H and O–H groups in total. The Bertz CT molecular complexity index is 860. The Balaban J connectivity index is 2.24. The van der Waals surface area contributed by atoms with Gasteiger partial charge >= 0.3 is 5.97 Å². The van der Waals surface area contributed by atoms with Crippen LogP contribution in [0.4, 0.5) is 0 Å². The summed E-state index contributed by atoms with van der Waals surface area (Å²) in [5.74, 6) is -0.597. The normalized spacial score (nSPS) is 16.7. The zero-order chi connectivity index (χ0) is 19.3. The van der Waals surface area contributed by atoms with Gasteiger partial charge < -0.3 is 14.2 Å². The first-order valence-electron chi connectivity index (χ1n) is 7.47. The molecule has 7 heteroatoms. The molecule has 2 rings (SSSR count). The number of methoxy groups -OCH3 is 1. The van der Waals surface area contributed by atoms with E-state index in [1.54, 1.807) is 6.07 Å². The Kier molecular flexibility index (Phi) is 6.21. The summed E-state index contributed by atoms with van der Waals surface area (Å²) in [5.41, 5.74) is 0.511. The summed E-state index contributed by atoms with van der Waals surface area (Å²) < 4.78 is 15.3. The van der Waals surface area contributed by atoms with E-state index in [2.05, 4.69) is 5.92 Å². The molecule has 1 aliphatic rings. The number of ether oxygens (including phenoxy) is 3. The lowest BCUT2D eigenvalue weighted by molar-refractivity contribution is -0.151. The van der Waals surface area contributed by atoms with Gasteiger partial charge in [0, 0.05) is 6.08 Å². The van der Waals surface area contributed by atoms with Gasteiger partial charge in [0.2, 0.25) is 0 Å². The number of esters is 1. The van der Waals surface area contributed by atoms with Crippen molar-refractivity contribution in [2.75, 3.05) is 13.7 Å². The molecule has 26 heavy (non-hydrogen) atoms. The molecular weight excluding hydrogens is 360 g/mol. The summed E-state index contributed by atoms with van der Waals surface area (Å²) >= 11 is 6.15. The van der Waals surface area contributed by atoms with Crippen molar-refractivity contribution < 1.29 is 28.6 Å². The van der Waals surface area contributed by atoms with E-state index < -0.39 is 23.5 Å². The number of terminal acetylenes is 1. The highest BCUT2D eigenvalue weighted by atomic mass is 35.5. The fraction of sp³-hybridized carbons (Fsp3) is 0.211. The SMILES string of the molecule is C#CCOc1c(Cl)cc(/C=C\C(=O)[C@@H]2C(=O)C=C(C)OC2=O)cc1OC. The number of cyclic esters (lactones) is 1. The molecule has 0 spiro atoms. The van der Waals surface area contributed by atoms with Gasteiger partial charge in [0.1, 0.15) is 12.4 Å². The number of carbonyl (C=O) groups excluding carboxylic acids is 3. The summed E-state index contributed by atoms with van der Waals surface area (Å²) in [5, 5.41) is 0.235. The van der Waals surface area contributed by atoms with Gasteiger partial charge in [-0.05, 0) is 30.7 Å². The maximum absolute atomic E-state index is 12.2. The van der Waals surface area contributed by atoms with Gasteiger partial charge in [0.25, 0.3) is 0 Å². The van der Waals surface area contributed by atoms with Crippen molar-refractivity contribution in [3.8, 4) is 23.8 Å². The molecule has 0 saturated carbocycles. The number of halogens is 1. The van der Waals surface area contributed by atoms with E-state index >= 15 is 0 Å². The maximum atomic E-state index is 12.2. The molecule has 0 radical (unpaired) electrons. The molecule has 0 amide bonds. The summed E-state index contributed by atoms with van der Waals surface area (Å²) in [6.07, 6.45) is 8.80. The highest BCUT2D eigenvalue weighted by Crippen LogP contribution is 2.36. The Labute approximate surface area is 155 Å². The molecule has 6 nitrogen and oxygen atoms in total. The summed E-state index contributed by atoms with van der Waals surface area (Å²) in [7, 11) is 1.43. The first-order chi connectivity index (χ1) is 12.4. The van der Waals surface area contributed by atoms with Crippen molar-refractivity contribution in [2.45, 2.75) is 6.92 Å². The average Bonchev–Trinajstić information content (AvgIpc) is 2.57. The summed E-state index contributed by atoms with van der Waals surface area (Å²) in [4.78, 5) is 35.8. The second-order valence-electron chi connectivity index (χ2n) is 5.27. The van der Waals surface area contributed by atoms with E-state index in [0.717, 1.165) is 12.2 Å². The van der Waals surface area contributed by atoms with E-state index in [1.165, 1.54) is 26.2 Å². The van der Waals surface area contributed by atoms with Gasteiger partial charge in [-0.3, -0.25) is 14.4 Å².